The number of nitrogens with zero attached hydrogens (tertiary/aromatic N) is 6. The van der Waals surface area contributed by atoms with Crippen molar-refractivity contribution in [3.8, 4) is 0 Å². The van der Waals surface area contributed by atoms with Gasteiger partial charge in [0.1, 0.15) is 0 Å². The zero-order chi connectivity index (χ0) is 7.07. The highest BCUT2D eigenvalue weighted by Crippen LogP contribution is 1.87. The largest absolute Gasteiger partial charge is 0.266 e. The minimum atomic E-state index is 0.417. The molecular formula is C3H5N7. The standard InChI is InChI=1S/C2H3N3.CH2N4/c2*1-2-4-5-3-1/h1-2H,(H,3,4,5);1H2. The average molecular weight is 139 g/mol. The van der Waals surface area contributed by atoms with Crippen LogP contribution in [-0.2, 0) is 0 Å². The van der Waals surface area contributed by atoms with E-state index in [0.717, 1.165) is 0 Å². The molecule has 7 heteroatoms. The van der Waals surface area contributed by atoms with E-state index < -0.39 is 0 Å². The summed E-state index contributed by atoms with van der Waals surface area (Å²) >= 11 is 0. The lowest BCUT2D eigenvalue weighted by Gasteiger charge is -1.52. The van der Waals surface area contributed by atoms with E-state index in [4.69, 9.17) is 0 Å². The molecule has 2 rings (SSSR count). The van der Waals surface area contributed by atoms with E-state index in [9.17, 15) is 0 Å². The van der Waals surface area contributed by atoms with Gasteiger partial charge >= 0.3 is 0 Å². The van der Waals surface area contributed by atoms with Crippen molar-refractivity contribution in [3.63, 3.8) is 0 Å². The van der Waals surface area contributed by atoms with Gasteiger partial charge in [-0.2, -0.15) is 0 Å². The van der Waals surface area contributed by atoms with Crippen LogP contribution < -0.4 is 0 Å². The summed E-state index contributed by atoms with van der Waals surface area (Å²) < 4.78 is 0. The lowest BCUT2D eigenvalue weighted by atomic mass is 11.0. The molecule has 1 N–H and O–H groups in total. The lowest BCUT2D eigenvalue weighted by molar-refractivity contribution is 0.940. The first-order chi connectivity index (χ1) is 5.00. The van der Waals surface area contributed by atoms with E-state index in [0.29, 0.717) is 6.67 Å². The molecule has 0 fully saturated rings. The van der Waals surface area contributed by atoms with Gasteiger partial charge < -0.3 is 0 Å². The Kier molecular flexibility index (Phi) is 2.74. The van der Waals surface area contributed by atoms with Crippen molar-refractivity contribution in [1.29, 1.82) is 0 Å². The number of nitrogens with one attached hydrogen (secondary N) is 1. The van der Waals surface area contributed by atoms with Crippen molar-refractivity contribution in [2.45, 2.75) is 0 Å². The van der Waals surface area contributed by atoms with Crippen LogP contribution in [0.25, 0.3) is 0 Å². The highest BCUT2D eigenvalue weighted by atomic mass is 15.5. The molecule has 0 spiro atoms. The summed E-state index contributed by atoms with van der Waals surface area (Å²) in [5.41, 5.74) is 0. The van der Waals surface area contributed by atoms with Crippen LogP contribution in [0.5, 0.6) is 0 Å². The Morgan fingerprint density at radius 3 is 2.20 bits per heavy atom. The summed E-state index contributed by atoms with van der Waals surface area (Å²) in [6, 6.07) is 0. The third-order valence-corrected chi connectivity index (χ3v) is 0.624. The molecular weight excluding hydrogens is 134 g/mol. The summed E-state index contributed by atoms with van der Waals surface area (Å²) in [7, 11) is 0. The highest BCUT2D eigenvalue weighted by molar-refractivity contribution is 4.54. The number of hydrogen-bond acceptors (Lipinski definition) is 6. The van der Waals surface area contributed by atoms with Gasteiger partial charge in [-0.1, -0.05) is 5.21 Å². The second kappa shape index (κ2) is 4.24. The maximum absolute atomic E-state index is 3.42. The van der Waals surface area contributed by atoms with E-state index in [-0.39, 0.29) is 0 Å². The molecule has 2 heterocycles. The number of hydrogen-bond donors (Lipinski definition) is 1. The zero-order valence-electron chi connectivity index (χ0n) is 5.05. The van der Waals surface area contributed by atoms with Gasteiger partial charge in [0, 0.05) is 6.20 Å². The van der Waals surface area contributed by atoms with Crippen molar-refractivity contribution in [2.75, 3.05) is 6.67 Å². The van der Waals surface area contributed by atoms with Crippen LogP contribution >= 0.6 is 0 Å². The average Bonchev–Trinajstić information content (AvgIpc) is 2.67. The second-order valence-corrected chi connectivity index (χ2v) is 1.26. The molecule has 0 unspecified atom stereocenters. The minimum absolute atomic E-state index is 0.417. The van der Waals surface area contributed by atoms with Gasteiger partial charge in [-0.15, -0.1) is 15.3 Å². The quantitative estimate of drug-likeness (QED) is 0.569. The maximum atomic E-state index is 3.42. The van der Waals surface area contributed by atoms with Crippen LogP contribution in [-0.4, -0.2) is 22.1 Å². The lowest BCUT2D eigenvalue weighted by Crippen LogP contribution is -1.61. The molecule has 0 bridgehead atoms. The van der Waals surface area contributed by atoms with E-state index >= 15 is 0 Å². The topological polar surface area (TPSA) is 91.0 Å². The number of aromatic nitrogens is 3. The van der Waals surface area contributed by atoms with Crippen molar-refractivity contribution in [3.05, 3.63) is 12.4 Å². The fourth-order valence-electron chi connectivity index (χ4n) is 0.308. The predicted molar refractivity (Wildman–Crippen MR) is 31.0 cm³/mol. The van der Waals surface area contributed by atoms with Crippen LogP contribution in [0.3, 0.4) is 0 Å². The molecule has 1 aromatic rings. The minimum Gasteiger partial charge on any atom is -0.266 e. The number of aromatic amines is 1. The molecule has 52 valence electrons. The van der Waals surface area contributed by atoms with Gasteiger partial charge in [-0.25, -0.2) is 0 Å². The molecule has 1 aliphatic rings. The fourth-order valence-corrected chi connectivity index (χ4v) is 0.308. The van der Waals surface area contributed by atoms with Gasteiger partial charge in [0.25, 0.3) is 0 Å². The predicted octanol–water partition coefficient (Wildman–Crippen LogP) is 0.582. The zero-order valence-corrected chi connectivity index (χ0v) is 5.05. The van der Waals surface area contributed by atoms with Crippen molar-refractivity contribution >= 4 is 0 Å². The molecule has 0 radical (unpaired) electrons. The summed E-state index contributed by atoms with van der Waals surface area (Å²) in [5, 5.41) is 22.3. The van der Waals surface area contributed by atoms with Crippen LogP contribution in [0.2, 0.25) is 0 Å². The summed E-state index contributed by atoms with van der Waals surface area (Å²) in [4.78, 5) is 0. The van der Waals surface area contributed by atoms with E-state index in [1.807, 2.05) is 0 Å². The van der Waals surface area contributed by atoms with E-state index in [1.54, 1.807) is 12.4 Å². The maximum Gasteiger partial charge on any atom is 0.175 e. The Balaban J connectivity index is 0.0000001000. The van der Waals surface area contributed by atoms with Gasteiger partial charge in [0.05, 0.1) is 6.20 Å². The van der Waals surface area contributed by atoms with Crippen molar-refractivity contribution < 1.29 is 0 Å². The Bertz CT molecular complexity index is 171. The van der Waals surface area contributed by atoms with Crippen molar-refractivity contribution in [2.24, 2.45) is 20.7 Å². The van der Waals surface area contributed by atoms with Crippen molar-refractivity contribution in [1.82, 2.24) is 15.4 Å². The first kappa shape index (κ1) is 6.46. The first-order valence-corrected chi connectivity index (χ1v) is 2.54. The Hall–Kier alpha value is -1.66. The summed E-state index contributed by atoms with van der Waals surface area (Å²) in [6.45, 7) is 0.417. The monoisotopic (exact) mass is 139 g/mol. The molecule has 0 amide bonds. The molecule has 7 nitrogen and oxygen atoms in total. The van der Waals surface area contributed by atoms with Crippen LogP contribution in [0.4, 0.5) is 0 Å². The number of rotatable bonds is 0. The molecule has 1 aromatic heterocycles. The normalized spacial score (nSPS) is 12.8. The third kappa shape index (κ3) is 2.60. The van der Waals surface area contributed by atoms with Gasteiger partial charge in [0.2, 0.25) is 0 Å². The molecule has 0 saturated carbocycles. The SMILES string of the molecule is C1N=NN=N1.c1c[nH]nn1. The van der Waals surface area contributed by atoms with Crippen LogP contribution in [0.15, 0.2) is 33.1 Å². The van der Waals surface area contributed by atoms with Crippen LogP contribution in [0.1, 0.15) is 0 Å². The fraction of sp³-hybridized carbons (Fsp3) is 0.333. The Morgan fingerprint density at radius 2 is 2.00 bits per heavy atom. The molecule has 10 heavy (non-hydrogen) atoms. The third-order valence-electron chi connectivity index (χ3n) is 0.624. The Labute approximate surface area is 56.2 Å². The number of H-pyrrole nitrogens is 1. The summed E-state index contributed by atoms with van der Waals surface area (Å²) in [6.07, 6.45) is 3.24. The Morgan fingerprint density at radius 1 is 1.20 bits per heavy atom. The van der Waals surface area contributed by atoms with Gasteiger partial charge in [-0.3, -0.25) is 5.10 Å². The van der Waals surface area contributed by atoms with Gasteiger partial charge in [0.15, 0.2) is 6.67 Å². The molecule has 0 saturated heterocycles. The first-order valence-electron chi connectivity index (χ1n) is 2.54. The van der Waals surface area contributed by atoms with E-state index in [2.05, 4.69) is 36.1 Å². The van der Waals surface area contributed by atoms with Crippen LogP contribution in [0, 0.1) is 0 Å². The second-order valence-electron chi connectivity index (χ2n) is 1.26. The summed E-state index contributed by atoms with van der Waals surface area (Å²) in [5.74, 6) is 0. The smallest absolute Gasteiger partial charge is 0.175 e. The molecule has 0 atom stereocenters. The van der Waals surface area contributed by atoms with Gasteiger partial charge in [-0.05, 0) is 10.4 Å². The molecule has 1 aliphatic heterocycles. The highest BCUT2D eigenvalue weighted by Gasteiger charge is 1.76. The molecule has 0 aliphatic carbocycles. The molecule has 0 aromatic carbocycles. The van der Waals surface area contributed by atoms with E-state index in [1.165, 1.54) is 0 Å².